The van der Waals surface area contributed by atoms with Crippen LogP contribution in [0, 0.1) is 5.82 Å². The highest BCUT2D eigenvalue weighted by Gasteiger charge is 2.12. The predicted octanol–water partition coefficient (Wildman–Crippen LogP) is 4.78. The summed E-state index contributed by atoms with van der Waals surface area (Å²) in [6.45, 7) is 0.143. The smallest absolute Gasteiger partial charge is 0.277 e. The molecule has 7 nitrogen and oxygen atoms in total. The van der Waals surface area contributed by atoms with E-state index in [2.05, 4.69) is 20.3 Å². The molecule has 0 saturated heterocycles. The molecule has 0 unspecified atom stereocenters. The summed E-state index contributed by atoms with van der Waals surface area (Å²) in [5.41, 5.74) is 0.667. The van der Waals surface area contributed by atoms with E-state index >= 15 is 0 Å². The van der Waals surface area contributed by atoms with Crippen molar-refractivity contribution < 1.29 is 18.1 Å². The fraction of sp³-hybridized carbons (Fsp3) is 0.111. The Balaban J connectivity index is 1.31. The molecule has 0 aliphatic rings. The first kappa shape index (κ1) is 18.5. The molecule has 2 aromatic carbocycles. The molecule has 4 rings (SSSR count). The maximum atomic E-state index is 13.0. The number of nitrogens with zero attached hydrogens (tertiary/aromatic N) is 4. The minimum Gasteiger partial charge on any atom is -0.484 e. The summed E-state index contributed by atoms with van der Waals surface area (Å²) in [6, 6.07) is 12.8. The van der Waals surface area contributed by atoms with Crippen molar-refractivity contribution in [3.8, 4) is 17.1 Å². The molecule has 0 saturated carbocycles. The zero-order valence-electron chi connectivity index (χ0n) is 14.2. The molecule has 2 heterocycles. The van der Waals surface area contributed by atoms with Crippen molar-refractivity contribution in [1.82, 2.24) is 20.3 Å². The highest BCUT2D eigenvalue weighted by Crippen LogP contribution is 2.23. The second-order valence-electron chi connectivity index (χ2n) is 5.51. The van der Waals surface area contributed by atoms with Crippen LogP contribution in [-0.4, -0.2) is 20.3 Å². The second-order valence-corrected chi connectivity index (χ2v) is 6.87. The first-order chi connectivity index (χ1) is 13.7. The van der Waals surface area contributed by atoms with Gasteiger partial charge in [0.2, 0.25) is 11.7 Å². The molecule has 0 aliphatic heterocycles. The number of benzene rings is 2. The Morgan fingerprint density at radius 2 is 1.79 bits per heavy atom. The number of rotatable bonds is 7. The number of ether oxygens (including phenoxy) is 1. The van der Waals surface area contributed by atoms with Crippen LogP contribution in [0.2, 0.25) is 5.02 Å². The first-order valence-electron chi connectivity index (χ1n) is 8.08. The lowest BCUT2D eigenvalue weighted by atomic mass is 10.2. The molecular formula is C18H12ClFN4O3S. The normalized spacial score (nSPS) is 10.9. The van der Waals surface area contributed by atoms with Gasteiger partial charge in [0.15, 0.2) is 6.61 Å². The van der Waals surface area contributed by atoms with Crippen LogP contribution >= 0.6 is 23.4 Å². The largest absolute Gasteiger partial charge is 0.484 e. The number of thioether (sulfide) groups is 1. The van der Waals surface area contributed by atoms with Crippen molar-refractivity contribution in [2.45, 2.75) is 17.6 Å². The van der Waals surface area contributed by atoms with E-state index in [1.165, 1.54) is 23.9 Å². The molecule has 0 aliphatic carbocycles. The van der Waals surface area contributed by atoms with Gasteiger partial charge in [-0.25, -0.2) is 4.39 Å². The molecular weight excluding hydrogens is 407 g/mol. The monoisotopic (exact) mass is 418 g/mol. The van der Waals surface area contributed by atoms with Gasteiger partial charge < -0.3 is 13.7 Å². The molecule has 4 aromatic rings. The van der Waals surface area contributed by atoms with E-state index < -0.39 is 0 Å². The number of aromatic nitrogens is 4. The third-order valence-electron chi connectivity index (χ3n) is 3.51. The second kappa shape index (κ2) is 8.41. The van der Waals surface area contributed by atoms with Crippen molar-refractivity contribution in [2.24, 2.45) is 0 Å². The summed E-state index contributed by atoms with van der Waals surface area (Å²) in [5.74, 6) is 1.80. The quantitative estimate of drug-likeness (QED) is 0.396. The van der Waals surface area contributed by atoms with Gasteiger partial charge in [-0.05, 0) is 48.5 Å². The summed E-state index contributed by atoms with van der Waals surface area (Å²) >= 11 is 7.09. The maximum Gasteiger partial charge on any atom is 0.277 e. The molecule has 0 bridgehead atoms. The Kier molecular flexibility index (Phi) is 5.54. The standard InChI is InChI=1S/C18H12ClFN4O3S/c19-12-3-7-14(8-4-12)25-9-15-22-23-18(26-15)28-10-16-21-17(24-27-16)11-1-5-13(20)6-2-11/h1-8H,9-10H2. The molecule has 142 valence electrons. The minimum atomic E-state index is -0.324. The lowest BCUT2D eigenvalue weighted by Crippen LogP contribution is -1.95. The predicted molar refractivity (Wildman–Crippen MR) is 99.3 cm³/mol. The number of hydrogen-bond acceptors (Lipinski definition) is 8. The molecule has 0 amide bonds. The van der Waals surface area contributed by atoms with E-state index in [1.54, 1.807) is 36.4 Å². The number of halogens is 2. The average Bonchev–Trinajstić information content (AvgIpc) is 3.36. The molecule has 0 radical (unpaired) electrons. The Labute approximate surface area is 167 Å². The van der Waals surface area contributed by atoms with Crippen LogP contribution in [0.4, 0.5) is 4.39 Å². The molecule has 28 heavy (non-hydrogen) atoms. The third kappa shape index (κ3) is 4.68. The molecule has 2 aromatic heterocycles. The van der Waals surface area contributed by atoms with E-state index in [4.69, 9.17) is 25.3 Å². The SMILES string of the molecule is Fc1ccc(-c2noc(CSc3nnc(COc4ccc(Cl)cc4)o3)n2)cc1. The minimum absolute atomic E-state index is 0.143. The Morgan fingerprint density at radius 3 is 2.57 bits per heavy atom. The lowest BCUT2D eigenvalue weighted by Gasteiger charge is -2.02. The maximum absolute atomic E-state index is 13.0. The van der Waals surface area contributed by atoms with Gasteiger partial charge in [-0.3, -0.25) is 0 Å². The van der Waals surface area contributed by atoms with Gasteiger partial charge in [-0.15, -0.1) is 10.2 Å². The summed E-state index contributed by atoms with van der Waals surface area (Å²) in [5, 5.41) is 12.8. The van der Waals surface area contributed by atoms with E-state index in [9.17, 15) is 4.39 Å². The summed E-state index contributed by atoms with van der Waals surface area (Å²) < 4.78 is 29.2. The molecule has 0 atom stereocenters. The number of hydrogen-bond donors (Lipinski definition) is 0. The Hall–Kier alpha value is -2.91. The van der Waals surface area contributed by atoms with Crippen LogP contribution in [0.3, 0.4) is 0 Å². The van der Waals surface area contributed by atoms with Crippen molar-refractivity contribution in [2.75, 3.05) is 0 Å². The van der Waals surface area contributed by atoms with E-state index in [-0.39, 0.29) is 12.4 Å². The Morgan fingerprint density at radius 1 is 1.00 bits per heavy atom. The zero-order chi connectivity index (χ0) is 19.3. The topological polar surface area (TPSA) is 87.1 Å². The van der Waals surface area contributed by atoms with Crippen molar-refractivity contribution >= 4 is 23.4 Å². The van der Waals surface area contributed by atoms with E-state index in [1.807, 2.05) is 0 Å². The van der Waals surface area contributed by atoms with Gasteiger partial charge in [0.05, 0.1) is 5.75 Å². The molecule has 10 heteroatoms. The molecule has 0 N–H and O–H groups in total. The third-order valence-corrected chi connectivity index (χ3v) is 4.57. The zero-order valence-corrected chi connectivity index (χ0v) is 15.8. The van der Waals surface area contributed by atoms with Crippen LogP contribution in [0.5, 0.6) is 5.75 Å². The van der Waals surface area contributed by atoms with Crippen molar-refractivity contribution in [1.29, 1.82) is 0 Å². The van der Waals surface area contributed by atoms with E-state index in [0.717, 1.165) is 0 Å². The van der Waals surface area contributed by atoms with Crippen LogP contribution < -0.4 is 4.74 Å². The molecule has 0 spiro atoms. The fourth-order valence-corrected chi connectivity index (χ4v) is 2.93. The van der Waals surface area contributed by atoms with E-state index in [0.29, 0.717) is 44.9 Å². The highest BCUT2D eigenvalue weighted by atomic mass is 35.5. The Bertz CT molecular complexity index is 1050. The van der Waals surface area contributed by atoms with Crippen LogP contribution in [0.1, 0.15) is 11.8 Å². The highest BCUT2D eigenvalue weighted by molar-refractivity contribution is 7.98. The average molecular weight is 419 g/mol. The lowest BCUT2D eigenvalue weighted by molar-refractivity contribution is 0.252. The summed E-state index contributed by atoms with van der Waals surface area (Å²) in [7, 11) is 0. The van der Waals surface area contributed by atoms with Crippen LogP contribution in [0.25, 0.3) is 11.4 Å². The van der Waals surface area contributed by atoms with Gasteiger partial charge in [0, 0.05) is 10.6 Å². The van der Waals surface area contributed by atoms with Gasteiger partial charge in [-0.1, -0.05) is 28.5 Å². The van der Waals surface area contributed by atoms with Crippen LogP contribution in [0.15, 0.2) is 62.7 Å². The molecule has 0 fully saturated rings. The van der Waals surface area contributed by atoms with Gasteiger partial charge >= 0.3 is 0 Å². The van der Waals surface area contributed by atoms with Crippen LogP contribution in [-0.2, 0) is 12.4 Å². The van der Waals surface area contributed by atoms with Gasteiger partial charge in [0.25, 0.3) is 11.1 Å². The van der Waals surface area contributed by atoms with Gasteiger partial charge in [-0.2, -0.15) is 4.98 Å². The fourth-order valence-electron chi connectivity index (χ4n) is 2.18. The first-order valence-corrected chi connectivity index (χ1v) is 9.44. The van der Waals surface area contributed by atoms with Crippen molar-refractivity contribution in [3.63, 3.8) is 0 Å². The van der Waals surface area contributed by atoms with Gasteiger partial charge in [0.1, 0.15) is 11.6 Å². The van der Waals surface area contributed by atoms with Crippen molar-refractivity contribution in [3.05, 3.63) is 71.2 Å². The summed E-state index contributed by atoms with van der Waals surface area (Å²) in [4.78, 5) is 4.27. The summed E-state index contributed by atoms with van der Waals surface area (Å²) in [6.07, 6.45) is 0.